The highest BCUT2D eigenvalue weighted by Gasteiger charge is 2.11. The molecule has 0 aliphatic heterocycles. The fraction of sp³-hybridized carbons (Fsp3) is 0.462. The molecule has 0 aliphatic rings. The molecule has 1 aromatic rings. The van der Waals surface area contributed by atoms with Crippen LogP contribution in [0.15, 0.2) is 18.2 Å². The van der Waals surface area contributed by atoms with E-state index in [2.05, 4.69) is 6.92 Å². The highest BCUT2D eigenvalue weighted by Crippen LogP contribution is 2.24. The first-order valence-electron chi connectivity index (χ1n) is 5.94. The molecule has 0 heterocycles. The van der Waals surface area contributed by atoms with Gasteiger partial charge in [0.2, 0.25) is 5.91 Å². The summed E-state index contributed by atoms with van der Waals surface area (Å²) in [6.07, 6.45) is 2.08. The Bertz CT molecular complexity index is 390. The maximum atomic E-state index is 11.1. The Balaban J connectivity index is 2.93. The van der Waals surface area contributed by atoms with E-state index in [9.17, 15) is 4.79 Å². The minimum absolute atomic E-state index is 0.216. The van der Waals surface area contributed by atoms with Crippen LogP contribution >= 0.6 is 0 Å². The molecule has 0 fully saturated rings. The first-order valence-corrected chi connectivity index (χ1v) is 5.94. The van der Waals surface area contributed by atoms with Crippen molar-refractivity contribution in [2.45, 2.75) is 26.7 Å². The second-order valence-corrected chi connectivity index (χ2v) is 4.30. The number of carbonyl (C=O) groups excluding carboxylic acids is 1. The highest BCUT2D eigenvalue weighted by molar-refractivity contribution is 5.81. The number of carbonyl (C=O) groups is 1. The van der Waals surface area contributed by atoms with E-state index in [4.69, 9.17) is 11.5 Å². The molecule has 0 saturated heterocycles. The zero-order valence-corrected chi connectivity index (χ0v) is 10.6. The molecule has 1 aromatic carbocycles. The van der Waals surface area contributed by atoms with E-state index in [-0.39, 0.29) is 12.5 Å². The number of hydrogen-bond donors (Lipinski definition) is 2. The second-order valence-electron chi connectivity index (χ2n) is 4.30. The molecule has 0 aliphatic carbocycles. The van der Waals surface area contributed by atoms with Crippen molar-refractivity contribution < 1.29 is 4.79 Å². The molecule has 4 nitrogen and oxygen atoms in total. The van der Waals surface area contributed by atoms with Crippen LogP contribution in [0.25, 0.3) is 0 Å². The van der Waals surface area contributed by atoms with Crippen LogP contribution in [0.3, 0.4) is 0 Å². The number of anilines is 2. The van der Waals surface area contributed by atoms with Gasteiger partial charge in [-0.05, 0) is 31.0 Å². The van der Waals surface area contributed by atoms with Crippen LogP contribution < -0.4 is 16.4 Å². The SMILES string of the molecule is CCCCN(CC(N)=O)c1cc(C)ccc1N. The van der Waals surface area contributed by atoms with Crippen molar-refractivity contribution in [2.24, 2.45) is 5.73 Å². The van der Waals surface area contributed by atoms with Crippen LogP contribution in [0.4, 0.5) is 11.4 Å². The molecule has 94 valence electrons. The van der Waals surface area contributed by atoms with Crippen molar-refractivity contribution >= 4 is 17.3 Å². The Morgan fingerprint density at radius 1 is 1.41 bits per heavy atom. The summed E-state index contributed by atoms with van der Waals surface area (Å²) in [5.74, 6) is -0.331. The van der Waals surface area contributed by atoms with Gasteiger partial charge in [-0.15, -0.1) is 0 Å². The Labute approximate surface area is 103 Å². The highest BCUT2D eigenvalue weighted by atomic mass is 16.1. The Morgan fingerprint density at radius 2 is 2.12 bits per heavy atom. The lowest BCUT2D eigenvalue weighted by molar-refractivity contribution is -0.116. The number of aryl methyl sites for hydroxylation is 1. The van der Waals surface area contributed by atoms with Crippen molar-refractivity contribution in [2.75, 3.05) is 23.7 Å². The van der Waals surface area contributed by atoms with Crippen molar-refractivity contribution in [3.8, 4) is 0 Å². The van der Waals surface area contributed by atoms with Gasteiger partial charge in [-0.1, -0.05) is 19.4 Å². The van der Waals surface area contributed by atoms with E-state index >= 15 is 0 Å². The first-order chi connectivity index (χ1) is 8.04. The molecular weight excluding hydrogens is 214 g/mol. The normalized spacial score (nSPS) is 10.2. The summed E-state index contributed by atoms with van der Waals surface area (Å²) in [6.45, 7) is 5.13. The number of unbranched alkanes of at least 4 members (excludes halogenated alkanes) is 1. The number of primary amides is 1. The molecule has 17 heavy (non-hydrogen) atoms. The fourth-order valence-electron chi connectivity index (χ4n) is 1.75. The van der Waals surface area contributed by atoms with Crippen molar-refractivity contribution in [3.63, 3.8) is 0 Å². The van der Waals surface area contributed by atoms with E-state index in [0.29, 0.717) is 5.69 Å². The van der Waals surface area contributed by atoms with Crippen LogP contribution in [-0.4, -0.2) is 19.0 Å². The van der Waals surface area contributed by atoms with Crippen LogP contribution in [0.1, 0.15) is 25.3 Å². The number of nitrogen functional groups attached to an aromatic ring is 1. The van der Waals surface area contributed by atoms with Gasteiger partial charge in [0.15, 0.2) is 0 Å². The van der Waals surface area contributed by atoms with Crippen LogP contribution in [0, 0.1) is 6.92 Å². The largest absolute Gasteiger partial charge is 0.397 e. The zero-order valence-electron chi connectivity index (χ0n) is 10.6. The number of amides is 1. The van der Waals surface area contributed by atoms with Gasteiger partial charge < -0.3 is 16.4 Å². The predicted molar refractivity (Wildman–Crippen MR) is 71.9 cm³/mol. The van der Waals surface area contributed by atoms with E-state index in [1.165, 1.54) is 0 Å². The van der Waals surface area contributed by atoms with E-state index in [1.54, 1.807) is 0 Å². The average Bonchev–Trinajstić information content (AvgIpc) is 2.27. The summed E-state index contributed by atoms with van der Waals surface area (Å²) in [4.78, 5) is 13.0. The van der Waals surface area contributed by atoms with Gasteiger partial charge in [-0.25, -0.2) is 0 Å². The molecule has 0 spiro atoms. The molecule has 0 saturated carbocycles. The topological polar surface area (TPSA) is 72.3 Å². The third kappa shape index (κ3) is 3.98. The first kappa shape index (κ1) is 13.4. The smallest absolute Gasteiger partial charge is 0.236 e. The predicted octanol–water partition coefficient (Wildman–Crippen LogP) is 1.67. The standard InChI is InChI=1S/C13H21N3O/c1-3-4-7-16(9-13(15)17)12-8-10(2)5-6-11(12)14/h5-6,8H,3-4,7,9,14H2,1-2H3,(H2,15,17). The molecule has 0 radical (unpaired) electrons. The lowest BCUT2D eigenvalue weighted by atomic mass is 10.1. The molecule has 4 N–H and O–H groups in total. The van der Waals surface area contributed by atoms with E-state index < -0.39 is 0 Å². The van der Waals surface area contributed by atoms with Crippen molar-refractivity contribution in [3.05, 3.63) is 23.8 Å². The minimum atomic E-state index is -0.331. The van der Waals surface area contributed by atoms with Gasteiger partial charge >= 0.3 is 0 Å². The van der Waals surface area contributed by atoms with Crippen LogP contribution in [-0.2, 0) is 4.79 Å². The Kier molecular flexibility index (Phi) is 4.82. The minimum Gasteiger partial charge on any atom is -0.397 e. The lowest BCUT2D eigenvalue weighted by Gasteiger charge is -2.25. The quantitative estimate of drug-likeness (QED) is 0.737. The number of hydrogen-bond acceptors (Lipinski definition) is 3. The molecule has 1 amide bonds. The molecule has 0 unspecified atom stereocenters. The summed E-state index contributed by atoms with van der Waals surface area (Å²) < 4.78 is 0. The van der Waals surface area contributed by atoms with E-state index in [0.717, 1.165) is 30.6 Å². The van der Waals surface area contributed by atoms with Crippen molar-refractivity contribution in [1.82, 2.24) is 0 Å². The Morgan fingerprint density at radius 3 is 2.71 bits per heavy atom. The molecule has 0 aromatic heterocycles. The van der Waals surface area contributed by atoms with Gasteiger partial charge in [0.05, 0.1) is 17.9 Å². The monoisotopic (exact) mass is 235 g/mol. The lowest BCUT2D eigenvalue weighted by Crippen LogP contribution is -2.35. The van der Waals surface area contributed by atoms with Crippen LogP contribution in [0.2, 0.25) is 0 Å². The van der Waals surface area contributed by atoms with Crippen molar-refractivity contribution in [1.29, 1.82) is 0 Å². The fourth-order valence-corrected chi connectivity index (χ4v) is 1.75. The number of nitrogens with zero attached hydrogens (tertiary/aromatic N) is 1. The van der Waals surface area contributed by atoms with Gasteiger partial charge in [-0.2, -0.15) is 0 Å². The average molecular weight is 235 g/mol. The van der Waals surface area contributed by atoms with E-state index in [1.807, 2.05) is 30.0 Å². The second kappa shape index (κ2) is 6.13. The maximum Gasteiger partial charge on any atom is 0.236 e. The molecule has 0 bridgehead atoms. The van der Waals surface area contributed by atoms with Gasteiger partial charge in [-0.3, -0.25) is 4.79 Å². The summed E-state index contributed by atoms with van der Waals surface area (Å²) in [5, 5.41) is 0. The summed E-state index contributed by atoms with van der Waals surface area (Å²) >= 11 is 0. The summed E-state index contributed by atoms with van der Waals surface area (Å²) in [6, 6.07) is 5.82. The summed E-state index contributed by atoms with van der Waals surface area (Å²) in [7, 11) is 0. The third-order valence-electron chi connectivity index (χ3n) is 2.65. The van der Waals surface area contributed by atoms with Crippen LogP contribution in [0.5, 0.6) is 0 Å². The Hall–Kier alpha value is -1.71. The molecule has 1 rings (SSSR count). The number of nitrogens with two attached hydrogens (primary N) is 2. The molecule has 4 heteroatoms. The third-order valence-corrected chi connectivity index (χ3v) is 2.65. The summed E-state index contributed by atoms with van der Waals surface area (Å²) in [5.41, 5.74) is 13.9. The maximum absolute atomic E-state index is 11.1. The molecular formula is C13H21N3O. The number of benzene rings is 1. The van der Waals surface area contributed by atoms with Gasteiger partial charge in [0, 0.05) is 6.54 Å². The zero-order chi connectivity index (χ0) is 12.8. The van der Waals surface area contributed by atoms with Gasteiger partial charge in [0.25, 0.3) is 0 Å². The molecule has 0 atom stereocenters. The number of rotatable bonds is 6. The van der Waals surface area contributed by atoms with Gasteiger partial charge in [0.1, 0.15) is 0 Å².